The second-order valence-electron chi connectivity index (χ2n) is 7.38. The fourth-order valence-electron chi connectivity index (χ4n) is 4.58. The number of ether oxygens (including phenoxy) is 1. The molecule has 1 aromatic rings. The van der Waals surface area contributed by atoms with E-state index in [1.54, 1.807) is 12.7 Å². The van der Waals surface area contributed by atoms with Gasteiger partial charge in [0.1, 0.15) is 0 Å². The van der Waals surface area contributed by atoms with Crippen LogP contribution in [0.5, 0.6) is 0 Å². The Kier molecular flexibility index (Phi) is 3.87. The third-order valence-electron chi connectivity index (χ3n) is 5.99. The molecule has 3 nitrogen and oxygen atoms in total. The molecule has 3 aliphatic rings. The van der Waals surface area contributed by atoms with Gasteiger partial charge in [0, 0.05) is 50.9 Å². The van der Waals surface area contributed by atoms with Crippen molar-refractivity contribution in [1.29, 1.82) is 0 Å². The summed E-state index contributed by atoms with van der Waals surface area (Å²) < 4.78 is 5.23. The molecule has 2 atom stereocenters. The number of rotatable bonds is 5. The van der Waals surface area contributed by atoms with Crippen molar-refractivity contribution in [3.8, 4) is 0 Å². The normalized spacial score (nSPS) is 31.3. The molecule has 2 saturated heterocycles. The van der Waals surface area contributed by atoms with E-state index < -0.39 is 0 Å². The maximum Gasteiger partial charge on any atom is 0.0589 e. The Bertz CT molecular complexity index is 509. The number of hydrogen-bond donors (Lipinski definition) is 0. The highest BCUT2D eigenvalue weighted by Crippen LogP contribution is 2.59. The molecular formula is C19H28N2O. The van der Waals surface area contributed by atoms with E-state index in [-0.39, 0.29) is 0 Å². The quantitative estimate of drug-likeness (QED) is 0.831. The number of hydrogen-bond acceptors (Lipinski definition) is 3. The Labute approximate surface area is 134 Å². The van der Waals surface area contributed by atoms with Gasteiger partial charge in [-0.1, -0.05) is 12.1 Å². The molecule has 2 aliphatic heterocycles. The zero-order chi connectivity index (χ0) is 15.0. The number of nitrogens with zero attached hydrogens (tertiary/aromatic N) is 2. The van der Waals surface area contributed by atoms with Gasteiger partial charge >= 0.3 is 0 Å². The number of methoxy groups -OCH3 is 1. The molecule has 4 rings (SSSR count). The first kappa shape index (κ1) is 14.5. The Balaban J connectivity index is 1.43. The lowest BCUT2D eigenvalue weighted by atomic mass is 9.94. The minimum atomic E-state index is 0.466. The van der Waals surface area contributed by atoms with Crippen molar-refractivity contribution in [1.82, 2.24) is 4.90 Å². The van der Waals surface area contributed by atoms with E-state index in [0.717, 1.165) is 19.1 Å². The molecule has 2 heterocycles. The summed E-state index contributed by atoms with van der Waals surface area (Å²) in [7, 11) is 1.80. The fraction of sp³-hybridized carbons (Fsp3) is 0.684. The van der Waals surface area contributed by atoms with E-state index in [0.29, 0.717) is 5.41 Å². The van der Waals surface area contributed by atoms with Gasteiger partial charge in [0.2, 0.25) is 0 Å². The Morgan fingerprint density at radius 2 is 1.91 bits per heavy atom. The van der Waals surface area contributed by atoms with Gasteiger partial charge in [-0.15, -0.1) is 0 Å². The van der Waals surface area contributed by atoms with E-state index in [9.17, 15) is 0 Å². The molecule has 0 aromatic heterocycles. The largest absolute Gasteiger partial charge is 0.383 e. The van der Waals surface area contributed by atoms with Crippen LogP contribution in [0.3, 0.4) is 0 Å². The van der Waals surface area contributed by atoms with Crippen LogP contribution in [0.25, 0.3) is 0 Å². The molecule has 3 fully saturated rings. The molecule has 22 heavy (non-hydrogen) atoms. The predicted molar refractivity (Wildman–Crippen MR) is 90.6 cm³/mol. The molecular weight excluding hydrogens is 272 g/mol. The average molecular weight is 300 g/mol. The van der Waals surface area contributed by atoms with Gasteiger partial charge in [-0.3, -0.25) is 4.90 Å². The molecule has 1 aromatic carbocycles. The molecule has 0 spiro atoms. The van der Waals surface area contributed by atoms with Crippen LogP contribution in [0.2, 0.25) is 0 Å². The van der Waals surface area contributed by atoms with Crippen LogP contribution >= 0.6 is 0 Å². The predicted octanol–water partition coefficient (Wildman–Crippen LogP) is 2.90. The monoisotopic (exact) mass is 300 g/mol. The molecule has 3 heteroatoms. The average Bonchev–Trinajstić information content (AvgIpc) is 3.16. The Morgan fingerprint density at radius 1 is 1.14 bits per heavy atom. The van der Waals surface area contributed by atoms with Crippen LogP contribution in [0, 0.1) is 5.92 Å². The van der Waals surface area contributed by atoms with Crippen LogP contribution in [0.4, 0.5) is 5.69 Å². The van der Waals surface area contributed by atoms with Gasteiger partial charge in [-0.25, -0.2) is 0 Å². The molecule has 0 radical (unpaired) electrons. The lowest BCUT2D eigenvalue weighted by Gasteiger charge is -2.29. The SMILES string of the molecule is COCCN1CC2CC2(c2ccc(N3CCCCC3)cc2)C1. The summed E-state index contributed by atoms with van der Waals surface area (Å²) in [5.41, 5.74) is 3.46. The van der Waals surface area contributed by atoms with Crippen LogP contribution in [-0.4, -0.2) is 51.3 Å². The van der Waals surface area contributed by atoms with E-state index in [4.69, 9.17) is 4.74 Å². The van der Waals surface area contributed by atoms with Crippen LogP contribution in [0.1, 0.15) is 31.2 Å². The van der Waals surface area contributed by atoms with Crippen LogP contribution in [0.15, 0.2) is 24.3 Å². The summed E-state index contributed by atoms with van der Waals surface area (Å²) in [6.45, 7) is 6.90. The van der Waals surface area contributed by atoms with Gasteiger partial charge in [0.05, 0.1) is 6.61 Å². The first-order chi connectivity index (χ1) is 10.8. The lowest BCUT2D eigenvalue weighted by Crippen LogP contribution is -2.30. The van der Waals surface area contributed by atoms with Crippen LogP contribution < -0.4 is 4.90 Å². The first-order valence-electron chi connectivity index (χ1n) is 8.89. The van der Waals surface area contributed by atoms with E-state index >= 15 is 0 Å². The van der Waals surface area contributed by atoms with Crippen molar-refractivity contribution in [3.05, 3.63) is 29.8 Å². The number of piperidine rings is 2. The van der Waals surface area contributed by atoms with Gasteiger partial charge in [0.25, 0.3) is 0 Å². The summed E-state index contributed by atoms with van der Waals surface area (Å²) >= 11 is 0. The van der Waals surface area contributed by atoms with Gasteiger partial charge in [-0.2, -0.15) is 0 Å². The number of likely N-dealkylation sites (tertiary alicyclic amines) is 1. The second-order valence-corrected chi connectivity index (χ2v) is 7.38. The third-order valence-corrected chi connectivity index (χ3v) is 5.99. The number of fused-ring (bicyclic) bond motifs is 1. The molecule has 0 amide bonds. The highest BCUT2D eigenvalue weighted by molar-refractivity contribution is 5.50. The summed E-state index contributed by atoms with van der Waals surface area (Å²) in [6, 6.07) is 9.54. The summed E-state index contributed by atoms with van der Waals surface area (Å²) in [6.07, 6.45) is 5.49. The van der Waals surface area contributed by atoms with Crippen molar-refractivity contribution in [2.45, 2.75) is 31.1 Å². The fourth-order valence-corrected chi connectivity index (χ4v) is 4.58. The first-order valence-corrected chi connectivity index (χ1v) is 8.89. The summed E-state index contributed by atoms with van der Waals surface area (Å²) in [4.78, 5) is 5.13. The summed E-state index contributed by atoms with van der Waals surface area (Å²) in [5, 5.41) is 0. The topological polar surface area (TPSA) is 15.7 Å². The van der Waals surface area contributed by atoms with E-state index in [1.165, 1.54) is 57.5 Å². The molecule has 0 N–H and O–H groups in total. The minimum Gasteiger partial charge on any atom is -0.383 e. The molecule has 1 aliphatic carbocycles. The molecule has 120 valence electrons. The maximum absolute atomic E-state index is 5.23. The number of anilines is 1. The lowest BCUT2D eigenvalue weighted by molar-refractivity contribution is 0.153. The smallest absolute Gasteiger partial charge is 0.0589 e. The van der Waals surface area contributed by atoms with Gasteiger partial charge in [-0.05, 0) is 49.3 Å². The highest BCUT2D eigenvalue weighted by Gasteiger charge is 2.60. The van der Waals surface area contributed by atoms with Crippen molar-refractivity contribution in [2.75, 3.05) is 51.3 Å². The van der Waals surface area contributed by atoms with E-state index in [1.807, 2.05) is 0 Å². The summed E-state index contributed by atoms with van der Waals surface area (Å²) in [5.74, 6) is 0.880. The molecule has 2 unspecified atom stereocenters. The standard InChI is InChI=1S/C19H28N2O/c1-22-12-11-20-14-17-13-19(17,15-20)16-5-7-18(8-6-16)21-9-3-2-4-10-21/h5-8,17H,2-4,9-15H2,1H3. The van der Waals surface area contributed by atoms with Crippen molar-refractivity contribution in [3.63, 3.8) is 0 Å². The number of benzene rings is 1. The van der Waals surface area contributed by atoms with Crippen molar-refractivity contribution < 1.29 is 4.74 Å². The minimum absolute atomic E-state index is 0.466. The van der Waals surface area contributed by atoms with Crippen molar-refractivity contribution in [2.24, 2.45) is 5.92 Å². The van der Waals surface area contributed by atoms with Gasteiger partial charge < -0.3 is 9.64 Å². The third kappa shape index (κ3) is 2.55. The van der Waals surface area contributed by atoms with Crippen LogP contribution in [-0.2, 0) is 10.2 Å². The molecule has 0 bridgehead atoms. The Morgan fingerprint density at radius 3 is 2.64 bits per heavy atom. The zero-order valence-corrected chi connectivity index (χ0v) is 13.8. The zero-order valence-electron chi connectivity index (χ0n) is 13.8. The second kappa shape index (κ2) is 5.86. The van der Waals surface area contributed by atoms with E-state index in [2.05, 4.69) is 34.1 Å². The maximum atomic E-state index is 5.23. The molecule has 1 saturated carbocycles. The van der Waals surface area contributed by atoms with Gasteiger partial charge in [0.15, 0.2) is 0 Å². The van der Waals surface area contributed by atoms with Crippen molar-refractivity contribution >= 4 is 5.69 Å². The Hall–Kier alpha value is -1.06. The highest BCUT2D eigenvalue weighted by atomic mass is 16.5.